The first-order chi connectivity index (χ1) is 12.7. The van der Waals surface area contributed by atoms with Crippen LogP contribution >= 0.6 is 34.8 Å². The molecule has 142 valence electrons. The largest absolute Gasteiger partial charge is 0.451 e. The van der Waals surface area contributed by atoms with Gasteiger partial charge in [0.05, 0.1) is 15.1 Å². The Morgan fingerprint density at radius 3 is 2.48 bits per heavy atom. The van der Waals surface area contributed by atoms with Crippen molar-refractivity contribution in [1.82, 2.24) is 10.3 Å². The number of carbonyl (C=O) groups is 3. The lowest BCUT2D eigenvalue weighted by molar-refractivity contribution is -0.123. The fraction of sp³-hybridized carbons (Fsp3) is 0.176. The van der Waals surface area contributed by atoms with Crippen molar-refractivity contribution in [2.24, 2.45) is 0 Å². The van der Waals surface area contributed by atoms with Crippen molar-refractivity contribution in [2.75, 3.05) is 11.9 Å². The van der Waals surface area contributed by atoms with E-state index in [0.29, 0.717) is 5.69 Å². The quantitative estimate of drug-likeness (QED) is 0.710. The van der Waals surface area contributed by atoms with E-state index in [1.807, 2.05) is 31.3 Å². The molecule has 0 aliphatic carbocycles. The summed E-state index contributed by atoms with van der Waals surface area (Å²) in [5.41, 5.74) is 2.13. The Balaban J connectivity index is 1.89. The second-order valence-corrected chi connectivity index (χ2v) is 6.64. The van der Waals surface area contributed by atoms with Gasteiger partial charge in [-0.25, -0.2) is 14.6 Å². The van der Waals surface area contributed by atoms with Gasteiger partial charge in [-0.05, 0) is 25.5 Å². The van der Waals surface area contributed by atoms with Gasteiger partial charge in [0.15, 0.2) is 12.3 Å². The first kappa shape index (κ1) is 21.0. The van der Waals surface area contributed by atoms with Gasteiger partial charge < -0.3 is 10.1 Å². The highest BCUT2D eigenvalue weighted by Crippen LogP contribution is 2.31. The fourth-order valence-corrected chi connectivity index (χ4v) is 2.61. The predicted octanol–water partition coefficient (Wildman–Crippen LogP) is 4.16. The third-order valence-corrected chi connectivity index (χ3v) is 4.57. The summed E-state index contributed by atoms with van der Waals surface area (Å²) in [6.45, 7) is 3.03. The Morgan fingerprint density at radius 2 is 1.81 bits per heavy atom. The molecule has 0 spiro atoms. The molecule has 2 N–H and O–H groups in total. The first-order valence-electron chi connectivity index (χ1n) is 7.53. The number of benzene rings is 1. The van der Waals surface area contributed by atoms with Crippen LogP contribution in [0.3, 0.4) is 0 Å². The number of pyridine rings is 1. The maximum Gasteiger partial charge on any atom is 0.359 e. The number of urea groups is 1. The molecule has 0 aliphatic rings. The van der Waals surface area contributed by atoms with Crippen molar-refractivity contribution < 1.29 is 19.1 Å². The van der Waals surface area contributed by atoms with Gasteiger partial charge in [0, 0.05) is 11.9 Å². The Labute approximate surface area is 170 Å². The molecule has 27 heavy (non-hydrogen) atoms. The molecule has 0 aliphatic heterocycles. The number of rotatable bonds is 4. The summed E-state index contributed by atoms with van der Waals surface area (Å²) >= 11 is 17.4. The number of carbonyl (C=O) groups excluding carboxylic acids is 3. The number of imide groups is 1. The van der Waals surface area contributed by atoms with Crippen molar-refractivity contribution in [3.8, 4) is 0 Å². The van der Waals surface area contributed by atoms with E-state index >= 15 is 0 Å². The van der Waals surface area contributed by atoms with Crippen LogP contribution in [0.2, 0.25) is 15.1 Å². The van der Waals surface area contributed by atoms with E-state index in [0.717, 1.165) is 17.3 Å². The molecule has 0 saturated carbocycles. The highest BCUT2D eigenvalue weighted by Gasteiger charge is 2.20. The minimum absolute atomic E-state index is 0.0578. The van der Waals surface area contributed by atoms with Crippen LogP contribution in [0, 0.1) is 13.8 Å². The van der Waals surface area contributed by atoms with Gasteiger partial charge in [0.2, 0.25) is 0 Å². The van der Waals surface area contributed by atoms with Crippen LogP contribution in [-0.4, -0.2) is 29.5 Å². The maximum absolute atomic E-state index is 11.9. The third kappa shape index (κ3) is 5.56. The Bertz CT molecular complexity index is 919. The fourth-order valence-electron chi connectivity index (χ4n) is 2.06. The van der Waals surface area contributed by atoms with E-state index in [-0.39, 0.29) is 20.8 Å². The monoisotopic (exact) mass is 429 g/mol. The molecule has 2 rings (SSSR count). The van der Waals surface area contributed by atoms with E-state index in [2.05, 4.69) is 10.3 Å². The number of aryl methyl sites for hydroxylation is 2. The maximum atomic E-state index is 11.9. The molecular formula is C17H14Cl3N3O4. The molecule has 7 nitrogen and oxygen atoms in total. The standard InChI is InChI=1S/C17H14Cl3N3O4/c1-8-3-4-11(9(2)5-8)22-17(26)23-12(24)7-27-16(25)15-14(20)13(19)10(18)6-21-15/h3-6H,7H2,1-2H3,(H2,22,23,24,26). The minimum atomic E-state index is -0.983. The molecule has 1 aromatic carbocycles. The zero-order valence-corrected chi connectivity index (χ0v) is 16.5. The predicted molar refractivity (Wildman–Crippen MR) is 103 cm³/mol. The Morgan fingerprint density at radius 1 is 1.11 bits per heavy atom. The van der Waals surface area contributed by atoms with E-state index in [1.165, 1.54) is 0 Å². The normalized spacial score (nSPS) is 10.3. The number of nitrogens with zero attached hydrogens (tertiary/aromatic N) is 1. The number of nitrogens with one attached hydrogen (secondary N) is 2. The summed E-state index contributed by atoms with van der Waals surface area (Å²) in [5, 5.41) is 4.40. The lowest BCUT2D eigenvalue weighted by atomic mass is 10.1. The highest BCUT2D eigenvalue weighted by atomic mass is 35.5. The van der Waals surface area contributed by atoms with Crippen LogP contribution in [-0.2, 0) is 9.53 Å². The van der Waals surface area contributed by atoms with Crippen LogP contribution in [0.1, 0.15) is 21.6 Å². The number of amides is 3. The number of halogens is 3. The number of esters is 1. The molecule has 0 fully saturated rings. The van der Waals surface area contributed by atoms with Crippen molar-refractivity contribution in [3.63, 3.8) is 0 Å². The lowest BCUT2D eigenvalue weighted by Gasteiger charge is -2.10. The van der Waals surface area contributed by atoms with Gasteiger partial charge in [-0.15, -0.1) is 0 Å². The SMILES string of the molecule is Cc1ccc(NC(=O)NC(=O)COC(=O)c2ncc(Cl)c(Cl)c2Cl)c(C)c1. The number of aromatic nitrogens is 1. The van der Waals surface area contributed by atoms with Gasteiger partial charge >= 0.3 is 12.0 Å². The van der Waals surface area contributed by atoms with Gasteiger partial charge in [0.25, 0.3) is 5.91 Å². The molecular weight excluding hydrogens is 417 g/mol. The van der Waals surface area contributed by atoms with E-state index < -0.39 is 24.5 Å². The van der Waals surface area contributed by atoms with Crippen molar-refractivity contribution in [3.05, 3.63) is 56.3 Å². The zero-order chi connectivity index (χ0) is 20.1. The van der Waals surface area contributed by atoms with Gasteiger partial charge in [0.1, 0.15) is 0 Å². The summed E-state index contributed by atoms with van der Waals surface area (Å²) in [4.78, 5) is 39.3. The Hall–Kier alpha value is -2.35. The summed E-state index contributed by atoms with van der Waals surface area (Å²) in [7, 11) is 0. The first-order valence-corrected chi connectivity index (χ1v) is 8.67. The summed E-state index contributed by atoms with van der Waals surface area (Å²) < 4.78 is 4.78. The Kier molecular flexibility index (Phi) is 7.01. The van der Waals surface area contributed by atoms with Crippen LogP contribution in [0.25, 0.3) is 0 Å². The zero-order valence-electron chi connectivity index (χ0n) is 14.2. The second-order valence-electron chi connectivity index (χ2n) is 5.48. The van der Waals surface area contributed by atoms with Crippen molar-refractivity contribution in [1.29, 1.82) is 0 Å². The van der Waals surface area contributed by atoms with Crippen LogP contribution in [0.4, 0.5) is 10.5 Å². The number of anilines is 1. The van der Waals surface area contributed by atoms with E-state index in [4.69, 9.17) is 39.5 Å². The molecule has 1 aromatic heterocycles. The molecule has 0 bridgehead atoms. The van der Waals surface area contributed by atoms with Crippen molar-refractivity contribution >= 4 is 58.4 Å². The van der Waals surface area contributed by atoms with E-state index in [9.17, 15) is 14.4 Å². The van der Waals surface area contributed by atoms with Gasteiger partial charge in [-0.3, -0.25) is 10.1 Å². The van der Waals surface area contributed by atoms with Crippen LogP contribution < -0.4 is 10.6 Å². The topological polar surface area (TPSA) is 97.4 Å². The smallest absolute Gasteiger partial charge is 0.359 e. The molecule has 0 saturated heterocycles. The van der Waals surface area contributed by atoms with Crippen molar-refractivity contribution in [2.45, 2.75) is 13.8 Å². The van der Waals surface area contributed by atoms with E-state index in [1.54, 1.807) is 6.07 Å². The number of hydrogen-bond donors (Lipinski definition) is 2. The lowest BCUT2D eigenvalue weighted by Crippen LogP contribution is -2.37. The molecule has 1 heterocycles. The highest BCUT2D eigenvalue weighted by molar-refractivity contribution is 6.48. The van der Waals surface area contributed by atoms with Crippen LogP contribution in [0.5, 0.6) is 0 Å². The minimum Gasteiger partial charge on any atom is -0.451 e. The van der Waals surface area contributed by atoms with Gasteiger partial charge in [-0.1, -0.05) is 52.5 Å². The number of ether oxygens (including phenoxy) is 1. The number of hydrogen-bond acceptors (Lipinski definition) is 5. The molecule has 0 radical (unpaired) electrons. The second kappa shape index (κ2) is 9.03. The molecule has 0 atom stereocenters. The van der Waals surface area contributed by atoms with Gasteiger partial charge in [-0.2, -0.15) is 0 Å². The van der Waals surface area contributed by atoms with Crippen LogP contribution in [0.15, 0.2) is 24.4 Å². The molecule has 10 heteroatoms. The molecule has 3 amide bonds. The third-order valence-electron chi connectivity index (χ3n) is 3.33. The summed E-state index contributed by atoms with van der Waals surface area (Å²) in [6, 6.07) is 4.66. The molecule has 0 unspecified atom stereocenters. The summed E-state index contributed by atoms with van der Waals surface area (Å²) in [5.74, 6) is -1.81. The summed E-state index contributed by atoms with van der Waals surface area (Å²) in [6.07, 6.45) is 1.13. The average Bonchev–Trinajstić information content (AvgIpc) is 2.60. The molecule has 2 aromatic rings. The average molecular weight is 431 g/mol.